The summed E-state index contributed by atoms with van der Waals surface area (Å²) in [7, 11) is 0. The Morgan fingerprint density at radius 3 is 2.14 bits per heavy atom. The van der Waals surface area contributed by atoms with Crippen molar-refractivity contribution in [1.82, 2.24) is 5.53 Å². The molecule has 0 fully saturated rings. The second kappa shape index (κ2) is 5.42. The first kappa shape index (κ1) is 9.66. The van der Waals surface area contributed by atoms with E-state index < -0.39 is 5.03 Å². The molecule has 0 heterocycles. The van der Waals surface area contributed by atoms with E-state index >= 15 is 0 Å². The topological polar surface area (TPSA) is 84.6 Å². The first-order valence-corrected chi connectivity index (χ1v) is 0.995. The van der Waals surface area contributed by atoms with Crippen LogP contribution in [0.25, 0.3) is 0 Å². The Labute approximate surface area is 51.1 Å². The molecule has 0 aromatic carbocycles. The van der Waals surface area contributed by atoms with Crippen LogP contribution in [0.4, 0.5) is 0 Å². The zero-order valence-corrected chi connectivity index (χ0v) is 4.71. The second-order valence-corrected chi connectivity index (χ2v) is 0.448. The number of rotatable bonds is 2. The second-order valence-electron chi connectivity index (χ2n) is 0.448. The first-order chi connectivity index (χ1) is 2.77. The van der Waals surface area contributed by atoms with Gasteiger partial charge in [-0.1, -0.05) is 0 Å². The molecule has 0 atom stereocenters. The van der Waals surface area contributed by atoms with E-state index in [-0.39, 0.29) is 19.5 Å². The van der Waals surface area contributed by atoms with Crippen LogP contribution in [0.5, 0.6) is 0 Å². The average molecular weight is 192 g/mol. The molecule has 0 unspecified atom stereocenters. The fourth-order valence-electron chi connectivity index (χ4n) is 0.0333. The minimum atomic E-state index is -1.05. The normalized spacial score (nSPS) is 5.71. The van der Waals surface area contributed by atoms with Gasteiger partial charge < -0.3 is 10.1 Å². The third kappa shape index (κ3) is 10.8. The molecule has 0 saturated heterocycles. The molecular weight excluding hydrogens is 191 g/mol. The van der Waals surface area contributed by atoms with Crippen LogP contribution in [0, 0.1) is 15.0 Å². The maximum Gasteiger partial charge on any atom is 0.307 e. The Bertz CT molecular complexity index is 70.6. The van der Waals surface area contributed by atoms with Gasteiger partial charge in [0.25, 0.3) is 0 Å². The molecule has 0 aliphatic carbocycles. The predicted octanol–water partition coefficient (Wildman–Crippen LogP) is -0.553. The maximum atomic E-state index is 9.00. The van der Waals surface area contributed by atoms with Gasteiger partial charge in [-0.05, 0) is 0 Å². The Morgan fingerprint density at radius 1 is 1.71 bits per heavy atom. The summed E-state index contributed by atoms with van der Waals surface area (Å²) < 4.78 is 0. The molecule has 0 radical (unpaired) electrons. The molecule has 42 valence electrons. The molecule has 0 spiro atoms. The van der Waals surface area contributed by atoms with E-state index in [1.165, 1.54) is 0 Å². The predicted molar refractivity (Wildman–Crippen MR) is 15.9 cm³/mol. The van der Waals surface area contributed by atoms with Crippen LogP contribution in [0.2, 0.25) is 0 Å². The number of hydrazine groups is 1. The number of nitro groups is 1. The maximum absolute atomic E-state index is 9.00. The van der Waals surface area contributed by atoms with Crippen molar-refractivity contribution in [3.63, 3.8) is 0 Å². The molecule has 6 nitrogen and oxygen atoms in total. The van der Waals surface area contributed by atoms with E-state index in [9.17, 15) is 0 Å². The molecule has 0 bridgehead atoms. The van der Waals surface area contributed by atoms with Gasteiger partial charge >= 0.3 is 5.29 Å². The average Bonchev–Trinajstić information content (AvgIpc) is 1.35. The summed E-state index contributed by atoms with van der Waals surface area (Å²) in [6.45, 7) is 0. The SMILES string of the molecule is O=NN[N+](=O)[O-].[Ru]. The largest absolute Gasteiger partial charge is 0.339 e. The zero-order valence-electron chi connectivity index (χ0n) is 2.97. The van der Waals surface area contributed by atoms with Gasteiger partial charge in [0.1, 0.15) is 0 Å². The van der Waals surface area contributed by atoms with Gasteiger partial charge in [-0.15, -0.1) is 0 Å². The molecule has 7 heavy (non-hydrogen) atoms. The van der Waals surface area contributed by atoms with E-state index in [0.717, 1.165) is 5.53 Å². The number of hydrogen-bond donors (Lipinski definition) is 1. The summed E-state index contributed by atoms with van der Waals surface area (Å²) in [5.41, 5.74) is 1.00. The third-order valence-corrected chi connectivity index (χ3v) is 0.122. The summed E-state index contributed by atoms with van der Waals surface area (Å²) in [5.74, 6) is 0. The van der Waals surface area contributed by atoms with E-state index in [1.807, 2.05) is 0 Å². The summed E-state index contributed by atoms with van der Waals surface area (Å²) in [6.07, 6.45) is 0. The molecule has 0 aliphatic rings. The van der Waals surface area contributed by atoms with Crippen LogP contribution in [-0.2, 0) is 19.5 Å². The molecule has 0 rings (SSSR count). The van der Waals surface area contributed by atoms with Gasteiger partial charge in [0.15, 0.2) is 0 Å². The molecule has 0 amide bonds. The summed E-state index contributed by atoms with van der Waals surface area (Å²) in [5, 5.41) is 9.69. The summed E-state index contributed by atoms with van der Waals surface area (Å²) in [6, 6.07) is 0. The fraction of sp³-hybridized carbons (Fsp3) is 0. The fourth-order valence-corrected chi connectivity index (χ4v) is 0.0333. The van der Waals surface area contributed by atoms with Crippen LogP contribution in [0.15, 0.2) is 5.29 Å². The van der Waals surface area contributed by atoms with Crippen LogP contribution < -0.4 is 5.53 Å². The number of nitrogens with one attached hydrogen (secondary N) is 1. The third-order valence-electron chi connectivity index (χ3n) is 0.122. The monoisotopic (exact) mass is 193 g/mol. The number of nitrogens with zero attached hydrogens (tertiary/aromatic N) is 2. The smallest absolute Gasteiger partial charge is 0.307 e. The Hall–Kier alpha value is -0.577. The Balaban J connectivity index is 0. The van der Waals surface area contributed by atoms with Gasteiger partial charge in [0.2, 0.25) is 0 Å². The molecule has 1 N–H and O–H groups in total. The van der Waals surface area contributed by atoms with Gasteiger partial charge in [-0.2, -0.15) is 0 Å². The Morgan fingerprint density at radius 2 is 2.14 bits per heavy atom. The first-order valence-electron chi connectivity index (χ1n) is 0.995. The van der Waals surface area contributed by atoms with Crippen molar-refractivity contribution >= 4 is 0 Å². The van der Waals surface area contributed by atoms with Crippen molar-refractivity contribution in [2.24, 2.45) is 5.29 Å². The Kier molecular flexibility index (Phi) is 7.48. The quantitative estimate of drug-likeness (QED) is 0.275. The zero-order chi connectivity index (χ0) is 4.99. The summed E-state index contributed by atoms with van der Waals surface area (Å²) in [4.78, 5) is 17.8. The van der Waals surface area contributed by atoms with Crippen molar-refractivity contribution < 1.29 is 24.5 Å². The van der Waals surface area contributed by atoms with E-state index in [1.54, 1.807) is 5.29 Å². The van der Waals surface area contributed by atoms with Crippen molar-refractivity contribution in [2.45, 2.75) is 0 Å². The van der Waals surface area contributed by atoms with Crippen molar-refractivity contribution in [2.75, 3.05) is 0 Å². The van der Waals surface area contributed by atoms with Gasteiger partial charge in [0, 0.05) is 29.9 Å². The van der Waals surface area contributed by atoms with Crippen LogP contribution in [0.1, 0.15) is 0 Å². The van der Waals surface area contributed by atoms with E-state index in [2.05, 4.69) is 0 Å². The van der Waals surface area contributed by atoms with E-state index in [0.29, 0.717) is 0 Å². The van der Waals surface area contributed by atoms with E-state index in [4.69, 9.17) is 15.0 Å². The minimum Gasteiger partial charge on any atom is -0.339 e. The molecule has 0 aliphatic heterocycles. The standard InChI is InChI=1S/HN3O3.Ru/c4-2-1-3(5)6;/h(H,1,4);. The van der Waals surface area contributed by atoms with Crippen molar-refractivity contribution in [1.29, 1.82) is 0 Å². The van der Waals surface area contributed by atoms with Crippen molar-refractivity contribution in [3.8, 4) is 0 Å². The van der Waals surface area contributed by atoms with Crippen LogP contribution >= 0.6 is 0 Å². The molecule has 7 heteroatoms. The van der Waals surface area contributed by atoms with Crippen LogP contribution in [0.3, 0.4) is 0 Å². The number of hydrogen-bond acceptors (Lipinski definition) is 4. The van der Waals surface area contributed by atoms with Crippen LogP contribution in [-0.4, -0.2) is 5.03 Å². The minimum absolute atomic E-state index is 0. The molecule has 0 aromatic heterocycles. The van der Waals surface area contributed by atoms with Gasteiger partial charge in [0.05, 0.1) is 5.03 Å². The molecule has 0 aromatic rings. The van der Waals surface area contributed by atoms with Gasteiger partial charge in [-0.25, -0.2) is 0 Å². The van der Waals surface area contributed by atoms with Crippen molar-refractivity contribution in [3.05, 3.63) is 15.0 Å². The molecule has 0 saturated carbocycles. The summed E-state index contributed by atoms with van der Waals surface area (Å²) >= 11 is 0. The molecular formula is HN3O3Ru. The van der Waals surface area contributed by atoms with Gasteiger partial charge in [-0.3, -0.25) is 0 Å². The number of nitroso groups, excluding NO2 is 1.